The summed E-state index contributed by atoms with van der Waals surface area (Å²) in [5, 5.41) is 12.6. The summed E-state index contributed by atoms with van der Waals surface area (Å²) in [6.45, 7) is 9.30. The molecule has 15 heavy (non-hydrogen) atoms. The molecule has 2 aliphatic rings. The SMILES string of the molecule is CCC(=NO)[C@H]1C[C@@]2(C)CC[C@H]1C2(C)C. The highest BCUT2D eigenvalue weighted by molar-refractivity contribution is 5.87. The van der Waals surface area contributed by atoms with Crippen molar-refractivity contribution in [3.8, 4) is 0 Å². The van der Waals surface area contributed by atoms with Gasteiger partial charge in [0.2, 0.25) is 0 Å². The molecule has 0 aromatic rings. The third kappa shape index (κ3) is 1.26. The molecule has 2 bridgehead atoms. The van der Waals surface area contributed by atoms with Gasteiger partial charge in [-0.3, -0.25) is 0 Å². The first-order valence-electron chi connectivity index (χ1n) is 6.17. The predicted molar refractivity (Wildman–Crippen MR) is 62.2 cm³/mol. The fourth-order valence-electron chi connectivity index (χ4n) is 4.06. The van der Waals surface area contributed by atoms with Crippen LogP contribution in [0.2, 0.25) is 0 Å². The van der Waals surface area contributed by atoms with Crippen LogP contribution in [0.15, 0.2) is 5.16 Å². The Labute approximate surface area is 92.8 Å². The largest absolute Gasteiger partial charge is 0.411 e. The fourth-order valence-corrected chi connectivity index (χ4v) is 4.06. The lowest BCUT2D eigenvalue weighted by Crippen LogP contribution is -2.27. The van der Waals surface area contributed by atoms with Crippen LogP contribution in [0.25, 0.3) is 0 Å². The summed E-state index contributed by atoms with van der Waals surface area (Å²) >= 11 is 0. The van der Waals surface area contributed by atoms with Crippen molar-refractivity contribution in [3.05, 3.63) is 0 Å². The van der Waals surface area contributed by atoms with Gasteiger partial charge in [-0.1, -0.05) is 32.9 Å². The van der Waals surface area contributed by atoms with Crippen molar-refractivity contribution in [2.75, 3.05) is 0 Å². The maximum atomic E-state index is 9.06. The molecule has 0 radical (unpaired) electrons. The monoisotopic (exact) mass is 209 g/mol. The highest BCUT2D eigenvalue weighted by atomic mass is 16.4. The van der Waals surface area contributed by atoms with E-state index in [0.717, 1.165) is 18.1 Å². The van der Waals surface area contributed by atoms with E-state index in [1.165, 1.54) is 19.3 Å². The van der Waals surface area contributed by atoms with Crippen LogP contribution in [-0.4, -0.2) is 10.9 Å². The molecule has 0 amide bonds. The molecule has 86 valence electrons. The van der Waals surface area contributed by atoms with Crippen molar-refractivity contribution in [3.63, 3.8) is 0 Å². The average molecular weight is 209 g/mol. The Bertz CT molecular complexity index is 292. The van der Waals surface area contributed by atoms with Crippen LogP contribution in [-0.2, 0) is 0 Å². The van der Waals surface area contributed by atoms with Gasteiger partial charge in [0, 0.05) is 5.92 Å². The van der Waals surface area contributed by atoms with Crippen LogP contribution in [0.4, 0.5) is 0 Å². The molecular weight excluding hydrogens is 186 g/mol. The van der Waals surface area contributed by atoms with Crippen LogP contribution >= 0.6 is 0 Å². The maximum absolute atomic E-state index is 9.06. The minimum atomic E-state index is 0.419. The van der Waals surface area contributed by atoms with E-state index in [9.17, 15) is 0 Å². The second-order valence-corrected chi connectivity index (χ2v) is 6.18. The Balaban J connectivity index is 2.29. The molecule has 2 saturated carbocycles. The van der Waals surface area contributed by atoms with E-state index in [-0.39, 0.29) is 0 Å². The second-order valence-electron chi connectivity index (χ2n) is 6.18. The zero-order chi connectivity index (χ0) is 11.3. The van der Waals surface area contributed by atoms with Crippen molar-refractivity contribution in [2.45, 2.75) is 53.4 Å². The first kappa shape index (κ1) is 11.0. The van der Waals surface area contributed by atoms with Gasteiger partial charge in [-0.15, -0.1) is 0 Å². The summed E-state index contributed by atoms with van der Waals surface area (Å²) in [6, 6.07) is 0. The second kappa shape index (κ2) is 3.23. The summed E-state index contributed by atoms with van der Waals surface area (Å²) < 4.78 is 0. The Morgan fingerprint density at radius 1 is 1.40 bits per heavy atom. The normalized spacial score (nSPS) is 43.6. The Hall–Kier alpha value is -0.530. The molecule has 2 aliphatic carbocycles. The average Bonchev–Trinajstić information content (AvgIpc) is 2.50. The Morgan fingerprint density at radius 2 is 2.07 bits per heavy atom. The third-order valence-corrected chi connectivity index (χ3v) is 5.56. The minimum Gasteiger partial charge on any atom is -0.411 e. The van der Waals surface area contributed by atoms with Crippen molar-refractivity contribution >= 4 is 5.71 Å². The molecule has 0 aliphatic heterocycles. The quantitative estimate of drug-likeness (QED) is 0.420. The van der Waals surface area contributed by atoms with Crippen LogP contribution < -0.4 is 0 Å². The molecule has 0 unspecified atom stereocenters. The van der Waals surface area contributed by atoms with Gasteiger partial charge in [0.25, 0.3) is 0 Å². The van der Waals surface area contributed by atoms with Gasteiger partial charge in [0.1, 0.15) is 0 Å². The number of fused-ring (bicyclic) bond motifs is 2. The van der Waals surface area contributed by atoms with E-state index in [4.69, 9.17) is 5.21 Å². The van der Waals surface area contributed by atoms with E-state index in [1.807, 2.05) is 0 Å². The zero-order valence-corrected chi connectivity index (χ0v) is 10.4. The van der Waals surface area contributed by atoms with Crippen LogP contribution in [0.5, 0.6) is 0 Å². The van der Waals surface area contributed by atoms with E-state index >= 15 is 0 Å². The molecule has 1 N–H and O–H groups in total. The molecule has 0 spiro atoms. The summed E-state index contributed by atoms with van der Waals surface area (Å²) in [6.07, 6.45) is 4.78. The fraction of sp³-hybridized carbons (Fsp3) is 0.923. The standard InChI is InChI=1S/C13H23NO/c1-5-11(14-15)9-8-13(4)7-6-10(9)12(13,2)3/h9-10,15H,5-8H2,1-4H3/t9-,10+,13+/m0/s1. The van der Waals surface area contributed by atoms with Crippen LogP contribution in [0, 0.1) is 22.7 Å². The van der Waals surface area contributed by atoms with Gasteiger partial charge >= 0.3 is 0 Å². The lowest BCUT2D eigenvalue weighted by Gasteiger charge is -2.34. The molecule has 0 aromatic heterocycles. The highest BCUT2D eigenvalue weighted by Gasteiger charge is 2.61. The van der Waals surface area contributed by atoms with Gasteiger partial charge in [-0.05, 0) is 42.4 Å². The molecule has 3 atom stereocenters. The lowest BCUT2D eigenvalue weighted by molar-refractivity contribution is 0.152. The lowest BCUT2D eigenvalue weighted by atomic mass is 9.71. The molecule has 2 rings (SSSR count). The summed E-state index contributed by atoms with van der Waals surface area (Å²) in [7, 11) is 0. The zero-order valence-electron chi connectivity index (χ0n) is 10.4. The molecule has 0 saturated heterocycles. The van der Waals surface area contributed by atoms with E-state index in [1.54, 1.807) is 0 Å². The van der Waals surface area contributed by atoms with Crippen molar-refractivity contribution in [1.29, 1.82) is 0 Å². The van der Waals surface area contributed by atoms with Gasteiger partial charge in [0.15, 0.2) is 0 Å². The maximum Gasteiger partial charge on any atom is 0.0602 e. The number of rotatable bonds is 2. The molecule has 0 heterocycles. The molecule has 0 aromatic carbocycles. The third-order valence-electron chi connectivity index (χ3n) is 5.56. The van der Waals surface area contributed by atoms with Gasteiger partial charge < -0.3 is 5.21 Å². The van der Waals surface area contributed by atoms with Gasteiger partial charge in [-0.25, -0.2) is 0 Å². The van der Waals surface area contributed by atoms with Crippen molar-refractivity contribution in [2.24, 2.45) is 27.8 Å². The van der Waals surface area contributed by atoms with Crippen LogP contribution in [0.3, 0.4) is 0 Å². The Kier molecular flexibility index (Phi) is 2.36. The van der Waals surface area contributed by atoms with Crippen molar-refractivity contribution < 1.29 is 5.21 Å². The topological polar surface area (TPSA) is 32.6 Å². The summed E-state index contributed by atoms with van der Waals surface area (Å²) in [5.74, 6) is 1.27. The van der Waals surface area contributed by atoms with Gasteiger partial charge in [0.05, 0.1) is 5.71 Å². The molecular formula is C13H23NO. The summed E-state index contributed by atoms with van der Waals surface area (Å²) in [5.41, 5.74) is 1.91. The number of hydrogen-bond acceptors (Lipinski definition) is 2. The highest BCUT2D eigenvalue weighted by Crippen LogP contribution is 2.67. The van der Waals surface area contributed by atoms with Gasteiger partial charge in [-0.2, -0.15) is 0 Å². The summed E-state index contributed by atoms with van der Waals surface area (Å²) in [4.78, 5) is 0. The minimum absolute atomic E-state index is 0.419. The molecule has 2 fully saturated rings. The predicted octanol–water partition coefficient (Wildman–Crippen LogP) is 3.69. The van der Waals surface area contributed by atoms with E-state index in [0.29, 0.717) is 16.7 Å². The first-order chi connectivity index (χ1) is 6.96. The smallest absolute Gasteiger partial charge is 0.0602 e. The molecule has 2 nitrogen and oxygen atoms in total. The van der Waals surface area contributed by atoms with Crippen molar-refractivity contribution in [1.82, 2.24) is 0 Å². The number of hydrogen-bond donors (Lipinski definition) is 1. The molecule has 2 heteroatoms. The number of nitrogens with zero attached hydrogens (tertiary/aromatic N) is 1. The van der Waals surface area contributed by atoms with E-state index < -0.39 is 0 Å². The first-order valence-corrected chi connectivity index (χ1v) is 6.17. The van der Waals surface area contributed by atoms with E-state index in [2.05, 4.69) is 32.9 Å². The Morgan fingerprint density at radius 3 is 2.40 bits per heavy atom. The van der Waals surface area contributed by atoms with Crippen LogP contribution in [0.1, 0.15) is 53.4 Å². The number of oxime groups is 1.